The number of carbonyl (C=O) groups is 2. The van der Waals surface area contributed by atoms with Crippen molar-refractivity contribution in [1.82, 2.24) is 10.8 Å². The Hall–Kier alpha value is -2.36. The first-order valence-corrected chi connectivity index (χ1v) is 6.46. The number of hydroxylamine groups is 1. The average molecular weight is 290 g/mol. The number of benzene rings is 1. The standard InChI is InChI=1S/C15H18N2O4/c1-21-11-3-4-12-6-8-13(9-7-12)15(19)16-10-2-5-14(18)17-20/h6-9,20H,2,5,10-11H2,1H3,(H,16,19)(H,17,18). The second-order valence-corrected chi connectivity index (χ2v) is 4.21. The highest BCUT2D eigenvalue weighted by Crippen LogP contribution is 2.03. The highest BCUT2D eigenvalue weighted by Gasteiger charge is 2.05. The third kappa shape index (κ3) is 6.56. The summed E-state index contributed by atoms with van der Waals surface area (Å²) >= 11 is 0. The molecular formula is C15H18N2O4. The van der Waals surface area contributed by atoms with Crippen molar-refractivity contribution in [2.24, 2.45) is 0 Å². The number of ether oxygens (including phenoxy) is 1. The lowest BCUT2D eigenvalue weighted by Gasteiger charge is -2.04. The van der Waals surface area contributed by atoms with E-state index in [0.717, 1.165) is 5.56 Å². The molecule has 0 aliphatic heterocycles. The van der Waals surface area contributed by atoms with Gasteiger partial charge in [-0.2, -0.15) is 0 Å². The summed E-state index contributed by atoms with van der Waals surface area (Å²) in [6, 6.07) is 6.90. The number of nitrogens with one attached hydrogen (secondary N) is 2. The van der Waals surface area contributed by atoms with Gasteiger partial charge in [0.1, 0.15) is 6.61 Å². The van der Waals surface area contributed by atoms with Crippen LogP contribution >= 0.6 is 0 Å². The summed E-state index contributed by atoms with van der Waals surface area (Å²) in [5, 5.41) is 11.0. The third-order valence-electron chi connectivity index (χ3n) is 2.59. The molecule has 0 spiro atoms. The molecule has 0 bridgehead atoms. The van der Waals surface area contributed by atoms with Gasteiger partial charge < -0.3 is 10.1 Å². The van der Waals surface area contributed by atoms with Crippen LogP contribution in [0.1, 0.15) is 28.8 Å². The Morgan fingerprint density at radius 3 is 2.62 bits per heavy atom. The van der Waals surface area contributed by atoms with Gasteiger partial charge in [-0.1, -0.05) is 11.8 Å². The molecule has 0 saturated carbocycles. The molecule has 0 atom stereocenters. The minimum absolute atomic E-state index is 0.158. The van der Waals surface area contributed by atoms with Gasteiger partial charge in [-0.3, -0.25) is 14.8 Å². The minimum Gasteiger partial charge on any atom is -0.372 e. The van der Waals surface area contributed by atoms with Crippen molar-refractivity contribution in [3.63, 3.8) is 0 Å². The number of methoxy groups -OCH3 is 1. The predicted octanol–water partition coefficient (Wildman–Crippen LogP) is 0.700. The molecule has 6 heteroatoms. The van der Waals surface area contributed by atoms with Crippen molar-refractivity contribution in [3.8, 4) is 11.8 Å². The molecule has 1 aromatic rings. The quantitative estimate of drug-likeness (QED) is 0.311. The van der Waals surface area contributed by atoms with Crippen LogP contribution in [0.2, 0.25) is 0 Å². The van der Waals surface area contributed by atoms with Crippen molar-refractivity contribution in [2.75, 3.05) is 20.3 Å². The lowest BCUT2D eigenvalue weighted by Crippen LogP contribution is -2.26. The molecule has 0 aliphatic carbocycles. The van der Waals surface area contributed by atoms with Gasteiger partial charge in [0.2, 0.25) is 5.91 Å². The fourth-order valence-corrected chi connectivity index (χ4v) is 1.52. The Kier molecular flexibility index (Phi) is 7.58. The van der Waals surface area contributed by atoms with Gasteiger partial charge in [-0.05, 0) is 30.7 Å². The second-order valence-electron chi connectivity index (χ2n) is 4.21. The maximum Gasteiger partial charge on any atom is 0.251 e. The SMILES string of the molecule is COCC#Cc1ccc(C(=O)NCCCC(=O)NO)cc1. The van der Waals surface area contributed by atoms with E-state index >= 15 is 0 Å². The highest BCUT2D eigenvalue weighted by atomic mass is 16.5. The van der Waals surface area contributed by atoms with Crippen LogP contribution in [-0.2, 0) is 9.53 Å². The molecule has 0 aliphatic rings. The monoisotopic (exact) mass is 290 g/mol. The zero-order chi connectivity index (χ0) is 15.5. The molecule has 0 unspecified atom stereocenters. The van der Waals surface area contributed by atoms with E-state index < -0.39 is 5.91 Å². The van der Waals surface area contributed by atoms with E-state index in [2.05, 4.69) is 17.2 Å². The zero-order valence-electron chi connectivity index (χ0n) is 11.8. The topological polar surface area (TPSA) is 87.7 Å². The summed E-state index contributed by atoms with van der Waals surface area (Å²) in [5.41, 5.74) is 2.87. The fourth-order valence-electron chi connectivity index (χ4n) is 1.52. The van der Waals surface area contributed by atoms with Crippen molar-refractivity contribution in [3.05, 3.63) is 35.4 Å². The van der Waals surface area contributed by atoms with Crippen LogP contribution in [-0.4, -0.2) is 37.3 Å². The normalized spacial score (nSPS) is 9.43. The van der Waals surface area contributed by atoms with Crippen molar-refractivity contribution < 1.29 is 19.5 Å². The van der Waals surface area contributed by atoms with Crippen LogP contribution in [0.5, 0.6) is 0 Å². The van der Waals surface area contributed by atoms with Gasteiger partial charge in [-0.15, -0.1) is 0 Å². The molecule has 1 aromatic carbocycles. The summed E-state index contributed by atoms with van der Waals surface area (Å²) in [7, 11) is 1.58. The van der Waals surface area contributed by atoms with Crippen molar-refractivity contribution in [2.45, 2.75) is 12.8 Å². The molecule has 1 rings (SSSR count). The first-order chi connectivity index (χ1) is 10.2. The second kappa shape index (κ2) is 9.53. The molecule has 21 heavy (non-hydrogen) atoms. The molecule has 3 N–H and O–H groups in total. The first-order valence-electron chi connectivity index (χ1n) is 6.46. The number of amides is 2. The Morgan fingerprint density at radius 1 is 1.29 bits per heavy atom. The Bertz CT molecular complexity index is 529. The van der Waals surface area contributed by atoms with Crippen LogP contribution in [0.25, 0.3) is 0 Å². The zero-order valence-corrected chi connectivity index (χ0v) is 11.8. The largest absolute Gasteiger partial charge is 0.372 e. The van der Waals surface area contributed by atoms with E-state index in [1.807, 2.05) is 0 Å². The number of carbonyl (C=O) groups excluding carboxylic acids is 2. The van der Waals surface area contributed by atoms with E-state index in [1.54, 1.807) is 31.4 Å². The van der Waals surface area contributed by atoms with Crippen molar-refractivity contribution >= 4 is 11.8 Å². The number of hydrogen-bond acceptors (Lipinski definition) is 4. The Morgan fingerprint density at radius 2 is 2.00 bits per heavy atom. The lowest BCUT2D eigenvalue weighted by molar-refractivity contribution is -0.129. The smallest absolute Gasteiger partial charge is 0.251 e. The molecule has 0 heterocycles. The first kappa shape index (κ1) is 16.7. The Balaban J connectivity index is 2.41. The van der Waals surface area contributed by atoms with E-state index in [0.29, 0.717) is 25.1 Å². The van der Waals surface area contributed by atoms with Gasteiger partial charge in [0.25, 0.3) is 5.91 Å². The summed E-state index contributed by atoms with van der Waals surface area (Å²) in [5.74, 6) is 5.05. The van der Waals surface area contributed by atoms with Gasteiger partial charge in [0, 0.05) is 31.2 Å². The summed E-state index contributed by atoms with van der Waals surface area (Å²) in [4.78, 5) is 22.6. The summed E-state index contributed by atoms with van der Waals surface area (Å²) < 4.78 is 4.82. The van der Waals surface area contributed by atoms with Crippen LogP contribution in [0.4, 0.5) is 0 Å². The molecule has 6 nitrogen and oxygen atoms in total. The van der Waals surface area contributed by atoms with Gasteiger partial charge >= 0.3 is 0 Å². The third-order valence-corrected chi connectivity index (χ3v) is 2.59. The fraction of sp³-hybridized carbons (Fsp3) is 0.333. The predicted molar refractivity (Wildman–Crippen MR) is 76.7 cm³/mol. The van der Waals surface area contributed by atoms with Gasteiger partial charge in [-0.25, -0.2) is 5.48 Å². The molecular weight excluding hydrogens is 272 g/mol. The maximum absolute atomic E-state index is 11.8. The number of hydrogen-bond donors (Lipinski definition) is 3. The van der Waals surface area contributed by atoms with Crippen LogP contribution in [0, 0.1) is 11.8 Å². The van der Waals surface area contributed by atoms with Crippen LogP contribution in [0.3, 0.4) is 0 Å². The van der Waals surface area contributed by atoms with E-state index in [1.165, 1.54) is 5.48 Å². The molecule has 2 amide bonds. The van der Waals surface area contributed by atoms with Crippen molar-refractivity contribution in [1.29, 1.82) is 0 Å². The molecule has 0 saturated heterocycles. The summed E-state index contributed by atoms with van der Waals surface area (Å²) in [6.45, 7) is 0.727. The van der Waals surface area contributed by atoms with E-state index in [9.17, 15) is 9.59 Å². The lowest BCUT2D eigenvalue weighted by atomic mass is 10.1. The Labute approximate surface area is 123 Å². The molecule has 0 aromatic heterocycles. The molecule has 0 radical (unpaired) electrons. The molecule has 0 fully saturated rings. The average Bonchev–Trinajstić information content (AvgIpc) is 2.52. The number of rotatable bonds is 6. The van der Waals surface area contributed by atoms with E-state index in [-0.39, 0.29) is 12.3 Å². The van der Waals surface area contributed by atoms with Crippen LogP contribution < -0.4 is 10.8 Å². The maximum atomic E-state index is 11.8. The highest BCUT2D eigenvalue weighted by molar-refractivity contribution is 5.94. The molecule has 112 valence electrons. The minimum atomic E-state index is -0.469. The van der Waals surface area contributed by atoms with Gasteiger partial charge in [0.05, 0.1) is 0 Å². The van der Waals surface area contributed by atoms with E-state index in [4.69, 9.17) is 9.94 Å². The van der Waals surface area contributed by atoms with Crippen LogP contribution in [0.15, 0.2) is 24.3 Å². The summed E-state index contributed by atoms with van der Waals surface area (Å²) in [6.07, 6.45) is 0.615. The van der Waals surface area contributed by atoms with Gasteiger partial charge in [0.15, 0.2) is 0 Å².